The van der Waals surface area contributed by atoms with Crippen molar-refractivity contribution in [2.45, 2.75) is 45.2 Å². The molecule has 8 heteroatoms. The lowest BCUT2D eigenvalue weighted by molar-refractivity contribution is -0.130. The van der Waals surface area contributed by atoms with Gasteiger partial charge < -0.3 is 4.42 Å². The van der Waals surface area contributed by atoms with Crippen LogP contribution in [0.5, 0.6) is 0 Å². The highest BCUT2D eigenvalue weighted by Crippen LogP contribution is 2.36. The van der Waals surface area contributed by atoms with Crippen molar-refractivity contribution in [1.82, 2.24) is 9.99 Å². The second kappa shape index (κ2) is 8.69. The van der Waals surface area contributed by atoms with Crippen molar-refractivity contribution in [3.63, 3.8) is 0 Å². The Morgan fingerprint density at radius 3 is 2.74 bits per heavy atom. The lowest BCUT2D eigenvalue weighted by Gasteiger charge is -2.20. The van der Waals surface area contributed by atoms with Crippen molar-refractivity contribution >= 4 is 34.7 Å². The summed E-state index contributed by atoms with van der Waals surface area (Å²) in [6, 6.07) is 9.88. The van der Waals surface area contributed by atoms with Crippen molar-refractivity contribution in [2.24, 2.45) is 5.10 Å². The number of pyridine rings is 1. The molecule has 1 atom stereocenters. The molecule has 0 aliphatic carbocycles. The van der Waals surface area contributed by atoms with E-state index in [0.29, 0.717) is 22.8 Å². The molecule has 1 aliphatic heterocycles. The lowest BCUT2D eigenvalue weighted by Crippen LogP contribution is -2.28. The largest absolute Gasteiger partial charge is 0.460 e. The molecule has 0 aromatic carbocycles. The Kier molecular flexibility index (Phi) is 5.99. The van der Waals surface area contributed by atoms with E-state index in [1.807, 2.05) is 57.3 Å². The molecule has 0 saturated heterocycles. The number of amides is 1. The van der Waals surface area contributed by atoms with Crippen molar-refractivity contribution in [3.05, 3.63) is 68.4 Å². The van der Waals surface area contributed by atoms with Gasteiger partial charge in [0, 0.05) is 17.0 Å². The molecule has 0 unspecified atom stereocenters. The molecule has 1 aliphatic rings. The van der Waals surface area contributed by atoms with Crippen LogP contribution in [0.2, 0.25) is 0 Å². The Hall–Kier alpha value is -2.89. The average Bonchev–Trinajstić information content (AvgIpc) is 3.50. The first-order valence-electron chi connectivity index (χ1n) is 9.89. The summed E-state index contributed by atoms with van der Waals surface area (Å²) in [5.41, 5.74) is 4.09. The van der Waals surface area contributed by atoms with E-state index in [1.54, 1.807) is 16.3 Å². The first-order chi connectivity index (χ1) is 14.9. The van der Waals surface area contributed by atoms with Crippen LogP contribution in [0.3, 0.4) is 0 Å². The molecule has 0 bridgehead atoms. The van der Waals surface area contributed by atoms with Gasteiger partial charge in [-0.1, -0.05) is 17.8 Å². The molecule has 0 fully saturated rings. The average molecular weight is 451 g/mol. The second-order valence-corrected chi connectivity index (χ2v) is 9.40. The molecule has 0 spiro atoms. The number of hydrogen-bond acceptors (Lipinski definition) is 7. The Morgan fingerprint density at radius 2 is 2.10 bits per heavy atom. The quantitative estimate of drug-likeness (QED) is 0.492. The van der Waals surface area contributed by atoms with Crippen LogP contribution in [0, 0.1) is 39.0 Å². The predicted octanol–water partition coefficient (Wildman–Crippen LogP) is 5.31. The Labute approximate surface area is 189 Å². The van der Waals surface area contributed by atoms with Gasteiger partial charge in [-0.15, -0.1) is 11.3 Å². The monoisotopic (exact) mass is 450 g/mol. The highest BCUT2D eigenvalue weighted by molar-refractivity contribution is 8.00. The molecule has 6 nitrogen and oxygen atoms in total. The summed E-state index contributed by atoms with van der Waals surface area (Å²) in [6.45, 7) is 7.69. The number of furan rings is 1. The number of carbonyl (C=O) groups is 1. The van der Waals surface area contributed by atoms with Crippen LogP contribution < -0.4 is 0 Å². The smallest absolute Gasteiger partial charge is 0.253 e. The number of thiophene rings is 1. The van der Waals surface area contributed by atoms with Gasteiger partial charge in [-0.3, -0.25) is 4.79 Å². The molecule has 4 rings (SSSR count). The van der Waals surface area contributed by atoms with Crippen LogP contribution in [0.1, 0.15) is 51.2 Å². The number of aryl methyl sites for hydroxylation is 2. The Morgan fingerprint density at radius 1 is 1.29 bits per heavy atom. The fourth-order valence-corrected chi connectivity index (χ4v) is 5.27. The molecule has 31 heavy (non-hydrogen) atoms. The highest BCUT2D eigenvalue weighted by atomic mass is 32.2. The van der Waals surface area contributed by atoms with Gasteiger partial charge in [0.25, 0.3) is 5.91 Å². The highest BCUT2D eigenvalue weighted by Gasteiger charge is 2.34. The summed E-state index contributed by atoms with van der Waals surface area (Å²) >= 11 is 2.90. The van der Waals surface area contributed by atoms with Crippen molar-refractivity contribution in [1.29, 1.82) is 5.26 Å². The van der Waals surface area contributed by atoms with Gasteiger partial charge in [-0.25, -0.2) is 9.99 Å². The summed E-state index contributed by atoms with van der Waals surface area (Å²) in [5.74, 6) is 1.54. The van der Waals surface area contributed by atoms with E-state index in [0.717, 1.165) is 33.2 Å². The van der Waals surface area contributed by atoms with Gasteiger partial charge in [-0.05, 0) is 62.4 Å². The second-order valence-electron chi connectivity index (χ2n) is 7.46. The fraction of sp³-hybridized carbons (Fsp3) is 0.304. The predicted molar refractivity (Wildman–Crippen MR) is 122 cm³/mol. The first kappa shape index (κ1) is 21.3. The van der Waals surface area contributed by atoms with Gasteiger partial charge in [-0.2, -0.15) is 10.4 Å². The minimum atomic E-state index is -0.154. The van der Waals surface area contributed by atoms with E-state index in [-0.39, 0.29) is 17.7 Å². The molecule has 3 aromatic heterocycles. The van der Waals surface area contributed by atoms with Crippen LogP contribution in [0.15, 0.2) is 44.2 Å². The summed E-state index contributed by atoms with van der Waals surface area (Å²) in [7, 11) is 0. The number of hydrazone groups is 1. The third kappa shape index (κ3) is 4.16. The van der Waals surface area contributed by atoms with Gasteiger partial charge >= 0.3 is 0 Å². The van der Waals surface area contributed by atoms with Crippen LogP contribution in [0.25, 0.3) is 0 Å². The number of rotatable bonds is 5. The standard InChI is InChI=1S/C23H22N4O2S2/c1-13-7-8-20(29-13)18-10-19(21-6-5-9-30-21)27(26-18)22(28)12-31-23-17(11-24)15(3)14(2)16(4)25-23/h5-9,19H,10,12H2,1-4H3/t19-/m1/s1. The number of hydrogen-bond donors (Lipinski definition) is 0. The third-order valence-electron chi connectivity index (χ3n) is 5.47. The van der Waals surface area contributed by atoms with E-state index >= 15 is 0 Å². The summed E-state index contributed by atoms with van der Waals surface area (Å²) in [5, 5.41) is 18.4. The number of carbonyl (C=O) groups excluding carboxylic acids is 1. The molecule has 0 radical (unpaired) electrons. The summed E-state index contributed by atoms with van der Waals surface area (Å²) in [4.78, 5) is 18.8. The van der Waals surface area contributed by atoms with Crippen LogP contribution in [0.4, 0.5) is 0 Å². The molecule has 3 aromatic rings. The maximum absolute atomic E-state index is 13.2. The zero-order valence-electron chi connectivity index (χ0n) is 17.8. The Balaban J connectivity index is 1.59. The summed E-state index contributed by atoms with van der Waals surface area (Å²) < 4.78 is 5.74. The van der Waals surface area contributed by atoms with Gasteiger partial charge in [0.2, 0.25) is 0 Å². The van der Waals surface area contributed by atoms with Crippen molar-refractivity contribution < 1.29 is 9.21 Å². The SMILES string of the molecule is Cc1ccc(C2=NN(C(=O)CSc3nc(C)c(C)c(C)c3C#N)[C@@H](c3cccs3)C2)o1. The van der Waals surface area contributed by atoms with Crippen LogP contribution in [-0.4, -0.2) is 27.4 Å². The zero-order valence-corrected chi connectivity index (χ0v) is 19.4. The normalized spacial score (nSPS) is 15.8. The van der Waals surface area contributed by atoms with E-state index < -0.39 is 0 Å². The maximum Gasteiger partial charge on any atom is 0.253 e. The first-order valence-corrected chi connectivity index (χ1v) is 11.8. The van der Waals surface area contributed by atoms with E-state index in [9.17, 15) is 10.1 Å². The molecule has 4 heterocycles. The zero-order chi connectivity index (χ0) is 22.1. The Bertz CT molecular complexity index is 1210. The fourth-order valence-electron chi connectivity index (χ4n) is 3.52. The number of thioether (sulfide) groups is 1. The lowest BCUT2D eigenvalue weighted by atomic mass is 10.1. The van der Waals surface area contributed by atoms with Crippen molar-refractivity contribution in [2.75, 3.05) is 5.75 Å². The van der Waals surface area contributed by atoms with Crippen LogP contribution in [-0.2, 0) is 4.79 Å². The van der Waals surface area contributed by atoms with E-state index in [1.165, 1.54) is 11.8 Å². The molecular formula is C23H22N4O2S2. The van der Waals surface area contributed by atoms with Gasteiger partial charge in [0.15, 0.2) is 0 Å². The molecule has 0 saturated carbocycles. The third-order valence-corrected chi connectivity index (χ3v) is 7.40. The number of nitrogens with zero attached hydrogens (tertiary/aromatic N) is 4. The van der Waals surface area contributed by atoms with Gasteiger partial charge in [0.05, 0.1) is 17.4 Å². The summed E-state index contributed by atoms with van der Waals surface area (Å²) in [6.07, 6.45) is 0.605. The van der Waals surface area contributed by atoms with Crippen LogP contribution >= 0.6 is 23.1 Å². The number of aromatic nitrogens is 1. The minimum absolute atomic E-state index is 0.122. The van der Waals surface area contributed by atoms with Gasteiger partial charge in [0.1, 0.15) is 28.3 Å². The topological polar surface area (TPSA) is 82.5 Å². The molecule has 0 N–H and O–H groups in total. The number of nitriles is 1. The minimum Gasteiger partial charge on any atom is -0.460 e. The van der Waals surface area contributed by atoms with E-state index in [2.05, 4.69) is 16.2 Å². The maximum atomic E-state index is 13.2. The van der Waals surface area contributed by atoms with Crippen molar-refractivity contribution in [3.8, 4) is 6.07 Å². The van der Waals surface area contributed by atoms with E-state index in [4.69, 9.17) is 4.42 Å². The molecule has 158 valence electrons. The molecular weight excluding hydrogens is 428 g/mol. The molecule has 1 amide bonds.